The van der Waals surface area contributed by atoms with Gasteiger partial charge >= 0.3 is 0 Å². The van der Waals surface area contributed by atoms with E-state index in [1.165, 1.54) is 42.4 Å². The first kappa shape index (κ1) is 25.1. The normalized spacial score (nSPS) is 24.8. The average Bonchev–Trinajstić information content (AvgIpc) is 3.63. The molecule has 6 aliphatic heterocycles. The second-order valence-corrected chi connectivity index (χ2v) is 22.2. The van der Waals surface area contributed by atoms with Gasteiger partial charge in [-0.15, -0.1) is 23.5 Å². The third kappa shape index (κ3) is 6.10. The predicted octanol–water partition coefficient (Wildman–Crippen LogP) is 12.4. The fourth-order valence-corrected chi connectivity index (χ4v) is 20.9. The third-order valence-electron chi connectivity index (χ3n) is 3.70. The Bertz CT molecular complexity index is 1040. The SMILES string of the molecule is C1=CSC(=C2SC=C(SCCSC3=CSC(=C4SC5=C(SC(=C6SC=CS6)S5)S4)S3)S2)S1. The van der Waals surface area contributed by atoms with E-state index >= 15 is 0 Å². The van der Waals surface area contributed by atoms with Crippen molar-refractivity contribution >= 4 is 165 Å². The number of rotatable bonds is 5. The summed E-state index contributed by atoms with van der Waals surface area (Å²) in [5.41, 5.74) is 0. The molecule has 0 atom stereocenters. The molecule has 0 fully saturated rings. The van der Waals surface area contributed by atoms with Crippen LogP contribution in [0.15, 0.2) is 74.8 Å². The van der Waals surface area contributed by atoms with Crippen molar-refractivity contribution in [1.82, 2.24) is 0 Å². The quantitative estimate of drug-likeness (QED) is 0.254. The van der Waals surface area contributed by atoms with Crippen LogP contribution in [0, 0.1) is 0 Å². The van der Waals surface area contributed by atoms with Crippen LogP contribution in [0.4, 0.5) is 0 Å². The van der Waals surface area contributed by atoms with E-state index in [1.807, 2.05) is 165 Å². The van der Waals surface area contributed by atoms with Crippen molar-refractivity contribution in [1.29, 1.82) is 0 Å². The molecule has 0 saturated carbocycles. The van der Waals surface area contributed by atoms with Gasteiger partial charge in [-0.2, -0.15) is 0 Å². The zero-order valence-electron chi connectivity index (χ0n) is 15.6. The van der Waals surface area contributed by atoms with Gasteiger partial charge in [0.2, 0.25) is 0 Å². The van der Waals surface area contributed by atoms with Gasteiger partial charge in [-0.3, -0.25) is 0 Å². The second-order valence-electron chi connectivity index (χ2n) is 5.73. The van der Waals surface area contributed by atoms with Gasteiger partial charge in [-0.1, -0.05) is 141 Å². The van der Waals surface area contributed by atoms with Crippen LogP contribution in [-0.2, 0) is 0 Å². The first-order chi connectivity index (χ1) is 15.8. The van der Waals surface area contributed by atoms with Crippen LogP contribution in [0.5, 0.6) is 0 Å². The smallest absolute Gasteiger partial charge is 0.0718 e. The molecule has 32 heavy (non-hydrogen) atoms. The van der Waals surface area contributed by atoms with Crippen LogP contribution in [0.25, 0.3) is 0 Å². The molecule has 0 N–H and O–H groups in total. The van der Waals surface area contributed by atoms with Crippen molar-refractivity contribution in [3.63, 3.8) is 0 Å². The highest BCUT2D eigenvalue weighted by Gasteiger charge is 2.34. The van der Waals surface area contributed by atoms with Crippen LogP contribution < -0.4 is 0 Å². The predicted molar refractivity (Wildman–Crippen MR) is 179 cm³/mol. The number of thioether (sulfide) groups is 14. The summed E-state index contributed by atoms with van der Waals surface area (Å²) in [4.78, 5) is 0. The van der Waals surface area contributed by atoms with Gasteiger partial charge < -0.3 is 0 Å². The molecule has 0 radical (unpaired) electrons. The third-order valence-corrected chi connectivity index (χ3v) is 22.9. The molecule has 14 heteroatoms. The highest BCUT2D eigenvalue weighted by Crippen LogP contribution is 2.71. The Morgan fingerprint density at radius 1 is 0.406 bits per heavy atom. The Morgan fingerprint density at radius 3 is 1.28 bits per heavy atom. The maximum Gasteiger partial charge on any atom is 0.0718 e. The highest BCUT2D eigenvalue weighted by atomic mass is 32.3. The lowest BCUT2D eigenvalue weighted by Gasteiger charge is -2.07. The van der Waals surface area contributed by atoms with Gasteiger partial charge in [0.25, 0.3) is 0 Å². The molecule has 6 rings (SSSR count). The zero-order valence-corrected chi connectivity index (χ0v) is 27.0. The topological polar surface area (TPSA) is 0 Å². The zero-order chi connectivity index (χ0) is 21.3. The summed E-state index contributed by atoms with van der Waals surface area (Å²) in [6.07, 6.45) is 0. The molecule has 0 spiro atoms. The first-order valence-corrected chi connectivity index (χ1v) is 21.0. The summed E-state index contributed by atoms with van der Waals surface area (Å²) in [5, 5.41) is 13.4. The Labute approximate surface area is 247 Å². The van der Waals surface area contributed by atoms with E-state index in [4.69, 9.17) is 0 Å². The van der Waals surface area contributed by atoms with Crippen LogP contribution >= 0.6 is 165 Å². The highest BCUT2D eigenvalue weighted by molar-refractivity contribution is 8.50. The van der Waals surface area contributed by atoms with Gasteiger partial charge in [0, 0.05) is 11.5 Å². The molecule has 0 saturated heterocycles. The fraction of sp³-hybridized carbons (Fsp3) is 0.111. The average molecular weight is 675 g/mol. The Balaban J connectivity index is 0.932. The maximum atomic E-state index is 2.35. The summed E-state index contributed by atoms with van der Waals surface area (Å²) in [6.45, 7) is 0. The monoisotopic (exact) mass is 674 g/mol. The summed E-state index contributed by atoms with van der Waals surface area (Å²) in [7, 11) is 0. The van der Waals surface area contributed by atoms with E-state index in [9.17, 15) is 0 Å². The standard InChI is InChI=1S/C18H10S14/c1(19-9-7-25-13(27-9)11-21-3-4-22-11)2-20-10-8-26-14(28-10)16-31-17-18(32-16)30-15(29-17)12-23-5-6-24-12/h3-8H,1-2H2. The Hall–Kier alpha value is 2.82. The van der Waals surface area contributed by atoms with Gasteiger partial charge in [-0.05, 0) is 32.4 Å². The molecule has 0 unspecified atom stereocenters. The minimum Gasteiger partial charge on any atom is -0.118 e. The number of hydrogen-bond acceptors (Lipinski definition) is 14. The minimum atomic E-state index is 1.16. The van der Waals surface area contributed by atoms with Crippen molar-refractivity contribution in [3.05, 3.63) is 74.8 Å². The summed E-state index contributed by atoms with van der Waals surface area (Å²) >= 11 is 27.0. The maximum absolute atomic E-state index is 2.35. The molecule has 0 aromatic heterocycles. The molecule has 0 aromatic carbocycles. The minimum absolute atomic E-state index is 1.16. The van der Waals surface area contributed by atoms with Crippen molar-refractivity contribution < 1.29 is 0 Å². The lowest BCUT2D eigenvalue weighted by Crippen LogP contribution is -1.82. The Kier molecular flexibility index (Phi) is 9.51. The van der Waals surface area contributed by atoms with E-state index in [0.29, 0.717) is 0 Å². The van der Waals surface area contributed by atoms with Crippen LogP contribution in [0.3, 0.4) is 0 Å². The fourth-order valence-electron chi connectivity index (χ4n) is 2.43. The molecule has 166 valence electrons. The Morgan fingerprint density at radius 2 is 0.781 bits per heavy atom. The summed E-state index contributed by atoms with van der Waals surface area (Å²) in [5.74, 6) is 2.32. The second kappa shape index (κ2) is 12.1. The van der Waals surface area contributed by atoms with E-state index in [0.717, 1.165) is 11.5 Å². The van der Waals surface area contributed by atoms with Gasteiger partial charge in [0.1, 0.15) is 0 Å². The van der Waals surface area contributed by atoms with Crippen molar-refractivity contribution in [2.24, 2.45) is 0 Å². The molecular formula is C18H10S14. The van der Waals surface area contributed by atoms with Crippen molar-refractivity contribution in [2.45, 2.75) is 0 Å². The first-order valence-electron chi connectivity index (χ1n) is 8.82. The molecule has 0 bridgehead atoms. The molecule has 0 aromatic rings. The lowest BCUT2D eigenvalue weighted by atomic mass is 11.0. The van der Waals surface area contributed by atoms with Crippen molar-refractivity contribution in [3.8, 4) is 0 Å². The van der Waals surface area contributed by atoms with E-state index in [1.54, 1.807) is 0 Å². The van der Waals surface area contributed by atoms with Gasteiger partial charge in [0.15, 0.2) is 0 Å². The largest absolute Gasteiger partial charge is 0.118 e. The van der Waals surface area contributed by atoms with Gasteiger partial charge in [0.05, 0.1) is 42.4 Å². The summed E-state index contributed by atoms with van der Waals surface area (Å²) < 4.78 is 14.6. The van der Waals surface area contributed by atoms with E-state index in [-0.39, 0.29) is 0 Å². The van der Waals surface area contributed by atoms with Crippen LogP contribution in [-0.4, -0.2) is 11.5 Å². The van der Waals surface area contributed by atoms with Crippen molar-refractivity contribution in [2.75, 3.05) is 11.5 Å². The molecule has 6 aliphatic rings. The molecule has 0 aliphatic carbocycles. The van der Waals surface area contributed by atoms with Gasteiger partial charge in [-0.25, -0.2) is 0 Å². The van der Waals surface area contributed by atoms with E-state index < -0.39 is 0 Å². The lowest BCUT2D eigenvalue weighted by molar-refractivity contribution is 1.57. The number of hydrogen-bond donors (Lipinski definition) is 0. The molecular weight excluding hydrogens is 665 g/mol. The summed E-state index contributed by atoms with van der Waals surface area (Å²) in [6, 6.07) is 0. The van der Waals surface area contributed by atoms with Crippen LogP contribution in [0.2, 0.25) is 0 Å². The molecule has 0 nitrogen and oxygen atoms in total. The van der Waals surface area contributed by atoms with Crippen LogP contribution in [0.1, 0.15) is 0 Å². The van der Waals surface area contributed by atoms with E-state index in [2.05, 4.69) is 32.4 Å². The molecule has 6 heterocycles. The molecule has 0 amide bonds.